The van der Waals surface area contributed by atoms with Gasteiger partial charge < -0.3 is 20.9 Å². The summed E-state index contributed by atoms with van der Waals surface area (Å²) in [4.78, 5) is 21.0. The Bertz CT molecular complexity index is 2340. The highest BCUT2D eigenvalue weighted by atomic mass is 32.1. The highest BCUT2D eigenvalue weighted by Crippen LogP contribution is 2.38. The van der Waals surface area contributed by atoms with Crippen LogP contribution in [-0.4, -0.2) is 78.5 Å². The molecule has 0 bridgehead atoms. The van der Waals surface area contributed by atoms with Crippen molar-refractivity contribution in [3.63, 3.8) is 0 Å². The quantitative estimate of drug-likeness (QED) is 0.136. The van der Waals surface area contributed by atoms with Crippen molar-refractivity contribution in [3.8, 4) is 0 Å². The van der Waals surface area contributed by atoms with Crippen molar-refractivity contribution in [3.05, 3.63) is 82.1 Å². The summed E-state index contributed by atoms with van der Waals surface area (Å²) in [6.07, 6.45) is 20.7. The molecule has 14 heteroatoms. The predicted molar refractivity (Wildman–Crippen MR) is 223 cm³/mol. The van der Waals surface area contributed by atoms with Gasteiger partial charge in [-0.3, -0.25) is 9.97 Å². The van der Waals surface area contributed by atoms with Gasteiger partial charge in [0, 0.05) is 43.9 Å². The van der Waals surface area contributed by atoms with Crippen LogP contribution in [0, 0.1) is 0 Å². The Labute approximate surface area is 329 Å². The van der Waals surface area contributed by atoms with Crippen LogP contribution in [0.4, 0.5) is 21.9 Å². The van der Waals surface area contributed by atoms with Gasteiger partial charge >= 0.3 is 0 Å². The number of rotatable bonds is 8. The maximum atomic E-state index is 4.78. The molecule has 282 valence electrons. The molecule has 55 heavy (non-hydrogen) atoms. The maximum absolute atomic E-state index is 4.78. The first-order chi connectivity index (χ1) is 27.1. The molecule has 12 nitrogen and oxygen atoms in total. The molecule has 0 atom stereocenters. The van der Waals surface area contributed by atoms with E-state index in [1.54, 1.807) is 22.7 Å². The van der Waals surface area contributed by atoms with E-state index in [0.29, 0.717) is 11.8 Å². The molecule has 0 radical (unpaired) electrons. The number of pyridine rings is 4. The third-order valence-electron chi connectivity index (χ3n) is 11.1. The summed E-state index contributed by atoms with van der Waals surface area (Å²) in [5, 5.41) is 31.3. The smallest absolute Gasteiger partial charge is 0.211 e. The van der Waals surface area contributed by atoms with E-state index in [2.05, 4.69) is 82.5 Å². The van der Waals surface area contributed by atoms with Crippen molar-refractivity contribution >= 4 is 77.8 Å². The monoisotopic (exact) mass is 770 g/mol. The van der Waals surface area contributed by atoms with Crippen LogP contribution in [0.15, 0.2) is 60.9 Å². The Morgan fingerprint density at radius 2 is 1.20 bits per heavy atom. The Kier molecular flexibility index (Phi) is 10.8. The molecule has 6 aromatic rings. The maximum Gasteiger partial charge on any atom is 0.211 e. The average Bonchev–Trinajstić information content (AvgIpc) is 4.07. The van der Waals surface area contributed by atoms with Crippen LogP contribution in [0.3, 0.4) is 0 Å². The molecule has 0 amide bonds. The number of nitrogens with zero attached hydrogens (tertiary/aromatic N) is 9. The summed E-state index contributed by atoms with van der Waals surface area (Å²) in [7, 11) is 2.15. The van der Waals surface area contributed by atoms with Gasteiger partial charge in [0.2, 0.25) is 10.3 Å². The Morgan fingerprint density at radius 3 is 1.69 bits per heavy atom. The molecule has 6 aromatic heterocycles. The largest absolute Gasteiger partial charge is 0.315 e. The molecule has 8 heterocycles. The van der Waals surface area contributed by atoms with Crippen molar-refractivity contribution in [2.75, 3.05) is 43.9 Å². The van der Waals surface area contributed by atoms with Crippen LogP contribution in [0.5, 0.6) is 0 Å². The van der Waals surface area contributed by atoms with Gasteiger partial charge in [0.15, 0.2) is 0 Å². The first-order valence-electron chi connectivity index (χ1n) is 19.6. The molecule has 4 aliphatic rings. The third kappa shape index (κ3) is 8.57. The lowest BCUT2D eigenvalue weighted by atomic mass is 10.0. The molecule has 3 N–H and O–H groups in total. The van der Waals surface area contributed by atoms with Crippen LogP contribution < -0.4 is 16.0 Å². The summed E-state index contributed by atoms with van der Waals surface area (Å²) in [5.74, 6) is 2.76. The average molecular weight is 771 g/mol. The molecular weight excluding hydrogens is 725 g/mol. The normalized spacial score (nSPS) is 18.3. The lowest BCUT2D eigenvalue weighted by Crippen LogP contribution is -2.23. The number of fused-ring (bicyclic) bond motifs is 2. The summed E-state index contributed by atoms with van der Waals surface area (Å²) >= 11 is 3.30. The highest BCUT2D eigenvalue weighted by molar-refractivity contribution is 7.15. The van der Waals surface area contributed by atoms with Gasteiger partial charge in [0.05, 0.1) is 22.1 Å². The van der Waals surface area contributed by atoms with E-state index >= 15 is 0 Å². The highest BCUT2D eigenvalue weighted by Gasteiger charge is 2.22. The second-order valence-electron chi connectivity index (χ2n) is 14.9. The number of hydrogen-bond acceptors (Lipinski definition) is 14. The number of aromatic nitrogens is 8. The van der Waals surface area contributed by atoms with Gasteiger partial charge in [0.1, 0.15) is 21.7 Å². The van der Waals surface area contributed by atoms with Gasteiger partial charge in [-0.15, -0.1) is 20.4 Å². The molecule has 2 aliphatic carbocycles. The fraction of sp³-hybridized carbons (Fsp3) is 0.415. The van der Waals surface area contributed by atoms with Gasteiger partial charge in [-0.2, -0.15) is 0 Å². The molecule has 2 aliphatic heterocycles. The lowest BCUT2D eigenvalue weighted by Gasteiger charge is -2.22. The van der Waals surface area contributed by atoms with Crippen molar-refractivity contribution in [1.29, 1.82) is 0 Å². The van der Waals surface area contributed by atoms with Gasteiger partial charge in [-0.05, 0) is 111 Å². The molecule has 10 rings (SSSR count). The fourth-order valence-corrected chi connectivity index (χ4v) is 9.72. The zero-order valence-corrected chi connectivity index (χ0v) is 32.8. The summed E-state index contributed by atoms with van der Waals surface area (Å²) in [5.41, 5.74) is 8.65. The minimum atomic E-state index is 0.590. The van der Waals surface area contributed by atoms with Crippen molar-refractivity contribution < 1.29 is 0 Å². The minimum absolute atomic E-state index is 0.590. The third-order valence-corrected chi connectivity index (χ3v) is 13.1. The molecule has 0 unspecified atom stereocenters. The second-order valence-corrected chi connectivity index (χ2v) is 17.0. The lowest BCUT2D eigenvalue weighted by molar-refractivity contribution is 0.370. The van der Waals surface area contributed by atoms with E-state index in [1.807, 2.05) is 36.7 Å². The van der Waals surface area contributed by atoms with E-state index in [-0.39, 0.29) is 0 Å². The molecule has 2 saturated carbocycles. The van der Waals surface area contributed by atoms with Crippen molar-refractivity contribution in [2.24, 2.45) is 0 Å². The van der Waals surface area contributed by atoms with E-state index in [4.69, 9.17) is 9.97 Å². The van der Waals surface area contributed by atoms with E-state index in [1.165, 1.54) is 68.1 Å². The van der Waals surface area contributed by atoms with Gasteiger partial charge in [-0.1, -0.05) is 60.5 Å². The standard InChI is InChI=1S/C21H24N6S.C20H22N6S/c1-27-10-8-14(9-11-27)16-12-18-17(22-13-16)6-7-19(23-18)24-21-26-25-20(28-21)15-4-2-3-5-15;1-2-4-14(3-1)19-25-26-20(27-19)24-18-6-5-16-17(23-18)11-15(12-22-16)13-7-9-21-10-8-13/h6-8,12-13,15H,2-5,9-11H2,1H3,(H,23,24,26);5-7,11-12,14,21H,1-4,8-10H2,(H,23,24,26). The predicted octanol–water partition coefficient (Wildman–Crippen LogP) is 8.86. The Balaban J connectivity index is 0.000000144. The van der Waals surface area contributed by atoms with Crippen molar-refractivity contribution in [2.45, 2.75) is 76.0 Å². The Hall–Kier alpha value is -4.76. The van der Waals surface area contributed by atoms with E-state index in [0.717, 1.165) is 98.6 Å². The van der Waals surface area contributed by atoms with Gasteiger partial charge in [-0.25, -0.2) is 9.97 Å². The van der Waals surface area contributed by atoms with E-state index in [9.17, 15) is 0 Å². The van der Waals surface area contributed by atoms with Gasteiger partial charge in [0.25, 0.3) is 0 Å². The van der Waals surface area contributed by atoms with Crippen molar-refractivity contribution in [1.82, 2.24) is 50.5 Å². The molecule has 0 spiro atoms. The summed E-state index contributed by atoms with van der Waals surface area (Å²) in [6.45, 7) is 4.00. The first-order valence-corrected chi connectivity index (χ1v) is 21.3. The molecular formula is C41H46N12S2. The topological polar surface area (TPSA) is 142 Å². The zero-order chi connectivity index (χ0) is 37.0. The molecule has 0 aromatic carbocycles. The number of likely N-dealkylation sites (N-methyl/N-ethyl adjacent to an activating group) is 1. The fourth-order valence-electron chi connectivity index (χ4n) is 7.89. The Morgan fingerprint density at radius 1 is 0.655 bits per heavy atom. The second kappa shape index (κ2) is 16.5. The minimum Gasteiger partial charge on any atom is -0.315 e. The SMILES string of the molecule is C1=C(c2cnc3ccc(Nc4nnc(C5CCCC5)s4)nc3c2)CCNC1.CN1CC=C(c2cnc3ccc(Nc4nnc(C5CCCC5)s4)nc3c2)CC1. The molecule has 2 fully saturated rings. The zero-order valence-electron chi connectivity index (χ0n) is 31.2. The molecule has 0 saturated heterocycles. The number of hydrogen-bond donors (Lipinski definition) is 3. The van der Waals surface area contributed by atoms with Crippen LogP contribution in [-0.2, 0) is 0 Å². The van der Waals surface area contributed by atoms with Crippen LogP contribution in [0.25, 0.3) is 33.2 Å². The number of anilines is 4. The summed E-state index contributed by atoms with van der Waals surface area (Å²) < 4.78 is 0. The van der Waals surface area contributed by atoms with Crippen LogP contribution in [0.2, 0.25) is 0 Å². The van der Waals surface area contributed by atoms with Crippen LogP contribution >= 0.6 is 22.7 Å². The first kappa shape index (κ1) is 35.9. The summed E-state index contributed by atoms with van der Waals surface area (Å²) in [6, 6.07) is 12.2. The van der Waals surface area contributed by atoms with E-state index < -0.39 is 0 Å². The van der Waals surface area contributed by atoms with Crippen LogP contribution in [0.1, 0.15) is 97.2 Å². The number of nitrogens with one attached hydrogen (secondary N) is 3.